The van der Waals surface area contributed by atoms with Gasteiger partial charge in [0.15, 0.2) is 0 Å². The van der Waals surface area contributed by atoms with Crippen LogP contribution in [0.4, 0.5) is 0 Å². The maximum atomic E-state index is 9.62. The van der Waals surface area contributed by atoms with Gasteiger partial charge >= 0.3 is 0 Å². The lowest BCUT2D eigenvalue weighted by Gasteiger charge is -2.35. The maximum Gasteiger partial charge on any atom is 0.0684 e. The lowest BCUT2D eigenvalue weighted by Crippen LogP contribution is -2.24. The normalized spacial score (nSPS) is 14.1. The molecule has 0 aliphatic carbocycles. The fraction of sp³-hybridized carbons (Fsp3) is 0.417. The highest BCUT2D eigenvalue weighted by atomic mass is 14.4. The van der Waals surface area contributed by atoms with E-state index in [1.807, 2.05) is 39.8 Å². The number of nitrogens with zero attached hydrogens (tertiary/aromatic N) is 2. The third-order valence-electron chi connectivity index (χ3n) is 5.01. The summed E-state index contributed by atoms with van der Waals surface area (Å²) in [5.41, 5.74) is 1.62. The Bertz CT molecular complexity index is 707. The SMILES string of the molecule is CC(C)(C#N)C[C@H](c1ccccc1)[C@@H](CC(C)(C)C#N)c1ccccc1. The second kappa shape index (κ2) is 8.20. The average molecular weight is 345 g/mol. The second-order valence-electron chi connectivity index (χ2n) is 8.43. The van der Waals surface area contributed by atoms with E-state index in [0.29, 0.717) is 0 Å². The van der Waals surface area contributed by atoms with Gasteiger partial charge in [0, 0.05) is 0 Å². The average Bonchev–Trinajstić information content (AvgIpc) is 2.66. The van der Waals surface area contributed by atoms with Crippen molar-refractivity contribution in [3.8, 4) is 12.1 Å². The fourth-order valence-corrected chi connectivity index (χ4v) is 3.58. The fourth-order valence-electron chi connectivity index (χ4n) is 3.58. The Balaban J connectivity index is 2.54. The highest BCUT2D eigenvalue weighted by molar-refractivity contribution is 5.30. The number of benzene rings is 2. The standard InChI is InChI=1S/C24H28N2/c1-23(2,17-25)15-21(19-11-7-5-8-12-19)22(16-24(3,4)18-26)20-13-9-6-10-14-20/h5-14,21-22H,15-16H2,1-4H3/t21-,22+. The van der Waals surface area contributed by atoms with Crippen LogP contribution in [0.3, 0.4) is 0 Å². The molecular formula is C24H28N2. The zero-order valence-electron chi connectivity index (χ0n) is 16.2. The Hall–Kier alpha value is -2.58. The van der Waals surface area contributed by atoms with E-state index in [1.165, 1.54) is 11.1 Å². The van der Waals surface area contributed by atoms with Crippen LogP contribution >= 0.6 is 0 Å². The Morgan fingerprint density at radius 2 is 0.962 bits per heavy atom. The van der Waals surface area contributed by atoms with E-state index in [0.717, 1.165) is 12.8 Å². The third-order valence-corrected chi connectivity index (χ3v) is 5.01. The van der Waals surface area contributed by atoms with Gasteiger partial charge in [0.25, 0.3) is 0 Å². The topological polar surface area (TPSA) is 47.6 Å². The lowest BCUT2D eigenvalue weighted by molar-refractivity contribution is 0.309. The first kappa shape index (κ1) is 19.7. The maximum absolute atomic E-state index is 9.62. The summed E-state index contributed by atoms with van der Waals surface area (Å²) in [7, 11) is 0. The summed E-state index contributed by atoms with van der Waals surface area (Å²) < 4.78 is 0. The monoisotopic (exact) mass is 344 g/mol. The summed E-state index contributed by atoms with van der Waals surface area (Å²) in [4.78, 5) is 0. The molecule has 2 rings (SSSR count). The molecule has 0 aliphatic heterocycles. The van der Waals surface area contributed by atoms with Gasteiger partial charge in [-0.2, -0.15) is 10.5 Å². The van der Waals surface area contributed by atoms with Gasteiger partial charge in [-0.15, -0.1) is 0 Å². The van der Waals surface area contributed by atoms with E-state index >= 15 is 0 Å². The van der Waals surface area contributed by atoms with Crippen LogP contribution in [0.1, 0.15) is 63.5 Å². The van der Waals surface area contributed by atoms with E-state index in [9.17, 15) is 10.5 Å². The van der Waals surface area contributed by atoms with Crippen molar-refractivity contribution in [3.05, 3.63) is 71.8 Å². The summed E-state index contributed by atoms with van der Waals surface area (Å²) in [6.07, 6.45) is 1.52. The molecule has 2 aromatic carbocycles. The number of hydrogen-bond acceptors (Lipinski definition) is 2. The second-order valence-corrected chi connectivity index (χ2v) is 8.43. The molecule has 134 valence electrons. The quantitative estimate of drug-likeness (QED) is 0.580. The van der Waals surface area contributed by atoms with Crippen molar-refractivity contribution in [2.75, 3.05) is 0 Å². The summed E-state index contributed by atoms with van der Waals surface area (Å²) in [5.74, 6) is 0.363. The predicted octanol–water partition coefficient (Wildman–Crippen LogP) is 6.43. The zero-order chi connectivity index (χ0) is 19.2. The van der Waals surface area contributed by atoms with Gasteiger partial charge in [-0.05, 0) is 63.5 Å². The molecular weight excluding hydrogens is 316 g/mol. The first-order valence-corrected chi connectivity index (χ1v) is 9.20. The highest BCUT2D eigenvalue weighted by Crippen LogP contribution is 2.46. The first-order valence-electron chi connectivity index (χ1n) is 9.20. The van der Waals surface area contributed by atoms with Crippen molar-refractivity contribution in [2.45, 2.75) is 52.4 Å². The van der Waals surface area contributed by atoms with Crippen LogP contribution in [0, 0.1) is 33.5 Å². The summed E-state index contributed by atoms with van der Waals surface area (Å²) in [6, 6.07) is 25.8. The predicted molar refractivity (Wildman–Crippen MR) is 106 cm³/mol. The van der Waals surface area contributed by atoms with Crippen LogP contribution in [0.5, 0.6) is 0 Å². The van der Waals surface area contributed by atoms with Gasteiger partial charge in [-0.3, -0.25) is 0 Å². The van der Waals surface area contributed by atoms with Crippen LogP contribution < -0.4 is 0 Å². The van der Waals surface area contributed by atoms with Gasteiger partial charge in [0.2, 0.25) is 0 Å². The van der Waals surface area contributed by atoms with E-state index in [2.05, 4.69) is 60.7 Å². The van der Waals surface area contributed by atoms with Crippen molar-refractivity contribution in [1.82, 2.24) is 0 Å². The molecule has 0 spiro atoms. The van der Waals surface area contributed by atoms with E-state index in [4.69, 9.17) is 0 Å². The molecule has 2 atom stereocenters. The van der Waals surface area contributed by atoms with Crippen LogP contribution in [-0.4, -0.2) is 0 Å². The molecule has 26 heavy (non-hydrogen) atoms. The molecule has 0 saturated heterocycles. The Labute approximate surface area is 158 Å². The van der Waals surface area contributed by atoms with Crippen LogP contribution in [0.25, 0.3) is 0 Å². The Morgan fingerprint density at radius 3 is 1.23 bits per heavy atom. The van der Waals surface area contributed by atoms with Gasteiger partial charge < -0.3 is 0 Å². The minimum Gasteiger partial charge on any atom is -0.198 e. The minimum absolute atomic E-state index is 0.181. The largest absolute Gasteiger partial charge is 0.198 e. The van der Waals surface area contributed by atoms with E-state index in [-0.39, 0.29) is 11.8 Å². The smallest absolute Gasteiger partial charge is 0.0684 e. The van der Waals surface area contributed by atoms with Crippen molar-refractivity contribution >= 4 is 0 Å². The molecule has 0 unspecified atom stereocenters. The molecule has 0 saturated carbocycles. The molecule has 0 aliphatic rings. The molecule has 0 fully saturated rings. The van der Waals surface area contributed by atoms with Crippen molar-refractivity contribution in [2.24, 2.45) is 10.8 Å². The Kier molecular flexibility index (Phi) is 6.23. The van der Waals surface area contributed by atoms with Crippen molar-refractivity contribution in [3.63, 3.8) is 0 Å². The molecule has 0 bridgehead atoms. The Morgan fingerprint density at radius 1 is 0.654 bits per heavy atom. The van der Waals surface area contributed by atoms with Crippen molar-refractivity contribution < 1.29 is 0 Å². The third kappa shape index (κ3) is 5.21. The number of nitriles is 2. The minimum atomic E-state index is -0.426. The number of rotatable bonds is 7. The molecule has 0 radical (unpaired) electrons. The first-order chi connectivity index (χ1) is 12.3. The van der Waals surface area contributed by atoms with Gasteiger partial charge in [-0.25, -0.2) is 0 Å². The van der Waals surface area contributed by atoms with Gasteiger partial charge in [0.05, 0.1) is 23.0 Å². The van der Waals surface area contributed by atoms with E-state index in [1.54, 1.807) is 0 Å². The summed E-state index contributed by atoms with van der Waals surface area (Å²) in [6.45, 7) is 8.00. The van der Waals surface area contributed by atoms with E-state index < -0.39 is 10.8 Å². The van der Waals surface area contributed by atoms with Gasteiger partial charge in [0.1, 0.15) is 0 Å². The molecule has 2 aromatic rings. The molecule has 0 N–H and O–H groups in total. The molecule has 0 aromatic heterocycles. The summed E-state index contributed by atoms with van der Waals surface area (Å²) in [5, 5.41) is 19.2. The molecule has 2 heteroatoms. The van der Waals surface area contributed by atoms with Gasteiger partial charge in [-0.1, -0.05) is 60.7 Å². The van der Waals surface area contributed by atoms with Crippen molar-refractivity contribution in [1.29, 1.82) is 10.5 Å². The lowest BCUT2D eigenvalue weighted by atomic mass is 9.68. The molecule has 2 nitrogen and oxygen atoms in total. The van der Waals surface area contributed by atoms with Crippen LogP contribution in [0.15, 0.2) is 60.7 Å². The zero-order valence-corrected chi connectivity index (χ0v) is 16.2. The highest BCUT2D eigenvalue weighted by Gasteiger charge is 2.34. The summed E-state index contributed by atoms with van der Waals surface area (Å²) >= 11 is 0. The van der Waals surface area contributed by atoms with Crippen LogP contribution in [-0.2, 0) is 0 Å². The molecule has 0 heterocycles. The number of hydrogen-bond donors (Lipinski definition) is 0. The molecule has 0 amide bonds. The van der Waals surface area contributed by atoms with Crippen LogP contribution in [0.2, 0.25) is 0 Å².